The first-order chi connectivity index (χ1) is 13.2. The molecule has 3 aromatic heterocycles. The van der Waals surface area contributed by atoms with E-state index in [1.54, 1.807) is 6.20 Å². The molecule has 0 unspecified atom stereocenters. The number of para-hydroxylation sites is 1. The third kappa shape index (κ3) is 2.91. The van der Waals surface area contributed by atoms with Crippen LogP contribution in [0.3, 0.4) is 0 Å². The molecule has 0 saturated carbocycles. The normalized spacial score (nSPS) is 11.9. The van der Waals surface area contributed by atoms with Gasteiger partial charge in [0.2, 0.25) is 0 Å². The zero-order valence-corrected chi connectivity index (χ0v) is 14.5. The molecule has 4 aromatic rings. The molecule has 0 aliphatic rings. The number of hydrogen-bond donors (Lipinski definition) is 2. The third-order valence-corrected chi connectivity index (χ3v) is 4.19. The average molecular weight is 356 g/mol. The summed E-state index contributed by atoms with van der Waals surface area (Å²) in [4.78, 5) is 17.3. The second kappa shape index (κ2) is 6.72. The van der Waals surface area contributed by atoms with Crippen molar-refractivity contribution in [2.75, 3.05) is 11.1 Å². The summed E-state index contributed by atoms with van der Waals surface area (Å²) in [5, 5.41) is 12.6. The van der Waals surface area contributed by atoms with Crippen molar-refractivity contribution in [1.82, 2.24) is 24.5 Å². The zero-order valence-electron chi connectivity index (χ0n) is 14.5. The lowest BCUT2D eigenvalue weighted by Gasteiger charge is -2.17. The van der Waals surface area contributed by atoms with Gasteiger partial charge in [0.15, 0.2) is 5.65 Å². The number of benzene rings is 1. The Kier molecular flexibility index (Phi) is 4.10. The van der Waals surface area contributed by atoms with Gasteiger partial charge in [-0.25, -0.2) is 19.9 Å². The summed E-state index contributed by atoms with van der Waals surface area (Å²) in [5.74, 6) is 1.26. The Labute approximate surface area is 155 Å². The van der Waals surface area contributed by atoms with Gasteiger partial charge in [0.05, 0.1) is 6.04 Å². The van der Waals surface area contributed by atoms with Crippen LogP contribution in [0.2, 0.25) is 0 Å². The topological polar surface area (TPSA) is 118 Å². The molecule has 132 valence electrons. The molecule has 1 atom stereocenters. The van der Waals surface area contributed by atoms with Crippen molar-refractivity contribution >= 4 is 22.8 Å². The van der Waals surface area contributed by atoms with Crippen LogP contribution >= 0.6 is 0 Å². The number of nitriles is 1. The maximum absolute atomic E-state index is 9.35. The number of pyridine rings is 1. The summed E-state index contributed by atoms with van der Waals surface area (Å²) in [7, 11) is 0. The van der Waals surface area contributed by atoms with E-state index in [4.69, 9.17) is 10.7 Å². The van der Waals surface area contributed by atoms with Gasteiger partial charge >= 0.3 is 0 Å². The molecule has 0 amide bonds. The molecule has 0 bridgehead atoms. The van der Waals surface area contributed by atoms with Gasteiger partial charge in [-0.2, -0.15) is 5.26 Å². The molecule has 0 aliphatic heterocycles. The Morgan fingerprint density at radius 3 is 2.70 bits per heavy atom. The highest BCUT2D eigenvalue weighted by Gasteiger charge is 2.20. The fourth-order valence-electron chi connectivity index (χ4n) is 2.94. The van der Waals surface area contributed by atoms with Crippen LogP contribution in [0.4, 0.5) is 11.6 Å². The number of nitrogen functional groups attached to an aromatic ring is 1. The number of imidazole rings is 1. The second-order valence-electron chi connectivity index (χ2n) is 5.95. The first kappa shape index (κ1) is 16.5. The number of aromatic nitrogens is 5. The first-order valence-electron chi connectivity index (χ1n) is 8.35. The van der Waals surface area contributed by atoms with Gasteiger partial charge in [0.1, 0.15) is 40.9 Å². The molecule has 0 fully saturated rings. The molecule has 0 aliphatic carbocycles. The van der Waals surface area contributed by atoms with Crippen molar-refractivity contribution in [3.8, 4) is 11.8 Å². The van der Waals surface area contributed by atoms with Crippen LogP contribution in [0.1, 0.15) is 24.4 Å². The molecule has 0 saturated heterocycles. The standard InChI is InChI=1S/C19H16N8/c1-12(25-17-14(10-20)16(21)23-11-24-17)18-26-15-8-5-9-22-19(15)27(18)13-6-3-2-4-7-13/h2-9,11-12H,1H3,(H3,21,23,24,25)/t12-/m1/s1. The van der Waals surface area contributed by atoms with Gasteiger partial charge < -0.3 is 11.1 Å². The summed E-state index contributed by atoms with van der Waals surface area (Å²) in [6.45, 7) is 1.94. The summed E-state index contributed by atoms with van der Waals surface area (Å²) in [5.41, 5.74) is 8.49. The number of fused-ring (bicyclic) bond motifs is 1. The Hall–Kier alpha value is -3.99. The average Bonchev–Trinajstić information content (AvgIpc) is 3.08. The lowest BCUT2D eigenvalue weighted by molar-refractivity contribution is 0.765. The minimum atomic E-state index is -0.263. The minimum absolute atomic E-state index is 0.139. The van der Waals surface area contributed by atoms with Crippen molar-refractivity contribution in [3.05, 3.63) is 66.4 Å². The van der Waals surface area contributed by atoms with Gasteiger partial charge in [-0.05, 0) is 31.2 Å². The van der Waals surface area contributed by atoms with Crippen molar-refractivity contribution in [3.63, 3.8) is 0 Å². The Bertz CT molecular complexity index is 1140. The predicted octanol–water partition coefficient (Wildman–Crippen LogP) is 2.84. The van der Waals surface area contributed by atoms with Crippen molar-refractivity contribution in [1.29, 1.82) is 5.26 Å². The molecular weight excluding hydrogens is 340 g/mol. The third-order valence-electron chi connectivity index (χ3n) is 4.19. The highest BCUT2D eigenvalue weighted by molar-refractivity contribution is 5.74. The van der Waals surface area contributed by atoms with Gasteiger partial charge in [0.25, 0.3) is 0 Å². The van der Waals surface area contributed by atoms with Crippen LogP contribution in [0.25, 0.3) is 16.9 Å². The zero-order chi connectivity index (χ0) is 18.8. The molecule has 8 heteroatoms. The van der Waals surface area contributed by atoms with Crippen LogP contribution in [-0.2, 0) is 0 Å². The highest BCUT2D eigenvalue weighted by atomic mass is 15.2. The van der Waals surface area contributed by atoms with E-state index in [0.29, 0.717) is 5.82 Å². The summed E-state index contributed by atoms with van der Waals surface area (Å²) >= 11 is 0. The fourth-order valence-corrected chi connectivity index (χ4v) is 2.94. The van der Waals surface area contributed by atoms with Crippen LogP contribution < -0.4 is 11.1 Å². The van der Waals surface area contributed by atoms with Crippen LogP contribution in [0.5, 0.6) is 0 Å². The Morgan fingerprint density at radius 2 is 1.93 bits per heavy atom. The number of hydrogen-bond acceptors (Lipinski definition) is 7. The SMILES string of the molecule is C[C@@H](Nc1ncnc(N)c1C#N)c1nc2cccnc2n1-c1ccccc1. The second-order valence-corrected chi connectivity index (χ2v) is 5.95. The lowest BCUT2D eigenvalue weighted by Crippen LogP contribution is -2.15. The summed E-state index contributed by atoms with van der Waals surface area (Å²) in [6, 6.07) is 15.4. The predicted molar refractivity (Wildman–Crippen MR) is 102 cm³/mol. The number of anilines is 2. The van der Waals surface area contributed by atoms with E-state index in [9.17, 15) is 5.26 Å². The highest BCUT2D eigenvalue weighted by Crippen LogP contribution is 2.27. The van der Waals surface area contributed by atoms with Crippen LogP contribution in [0, 0.1) is 11.3 Å². The first-order valence-corrected chi connectivity index (χ1v) is 8.35. The minimum Gasteiger partial charge on any atom is -0.382 e. The molecule has 1 aromatic carbocycles. The quantitative estimate of drug-likeness (QED) is 0.577. The van der Waals surface area contributed by atoms with Gasteiger partial charge in [-0.15, -0.1) is 0 Å². The summed E-state index contributed by atoms with van der Waals surface area (Å²) < 4.78 is 1.99. The number of nitrogens with two attached hydrogens (primary N) is 1. The van der Waals surface area contributed by atoms with Crippen molar-refractivity contribution in [2.24, 2.45) is 0 Å². The fraction of sp³-hybridized carbons (Fsp3) is 0.105. The van der Waals surface area contributed by atoms with E-state index < -0.39 is 0 Å². The molecular formula is C19H16N8. The molecule has 27 heavy (non-hydrogen) atoms. The van der Waals surface area contributed by atoms with E-state index in [2.05, 4.69) is 20.3 Å². The van der Waals surface area contributed by atoms with Gasteiger partial charge in [-0.3, -0.25) is 4.57 Å². The van der Waals surface area contributed by atoms with Gasteiger partial charge in [-0.1, -0.05) is 18.2 Å². The largest absolute Gasteiger partial charge is 0.382 e. The number of rotatable bonds is 4. The number of nitrogens with one attached hydrogen (secondary N) is 1. The monoisotopic (exact) mass is 356 g/mol. The molecule has 0 radical (unpaired) electrons. The van der Waals surface area contributed by atoms with E-state index in [-0.39, 0.29) is 17.4 Å². The lowest BCUT2D eigenvalue weighted by atomic mass is 10.2. The van der Waals surface area contributed by atoms with Crippen LogP contribution in [0.15, 0.2) is 55.0 Å². The van der Waals surface area contributed by atoms with Gasteiger partial charge in [0, 0.05) is 11.9 Å². The van der Waals surface area contributed by atoms with Crippen LogP contribution in [-0.4, -0.2) is 24.5 Å². The molecule has 8 nitrogen and oxygen atoms in total. The van der Waals surface area contributed by atoms with E-state index in [1.165, 1.54) is 6.33 Å². The Morgan fingerprint density at radius 1 is 1.11 bits per heavy atom. The molecule has 3 heterocycles. The Balaban J connectivity index is 1.82. The van der Waals surface area contributed by atoms with E-state index in [0.717, 1.165) is 22.7 Å². The van der Waals surface area contributed by atoms with E-state index in [1.807, 2.05) is 60.0 Å². The smallest absolute Gasteiger partial charge is 0.164 e. The van der Waals surface area contributed by atoms with Crippen molar-refractivity contribution < 1.29 is 0 Å². The van der Waals surface area contributed by atoms with Crippen molar-refractivity contribution in [2.45, 2.75) is 13.0 Å². The molecule has 4 rings (SSSR count). The molecule has 3 N–H and O–H groups in total. The maximum Gasteiger partial charge on any atom is 0.164 e. The number of nitrogens with zero attached hydrogens (tertiary/aromatic N) is 6. The van der Waals surface area contributed by atoms with E-state index >= 15 is 0 Å². The summed E-state index contributed by atoms with van der Waals surface area (Å²) in [6.07, 6.45) is 3.07. The maximum atomic E-state index is 9.35. The molecule has 0 spiro atoms.